The molecule has 0 nitrogen and oxygen atoms in total. The van der Waals surface area contributed by atoms with Crippen molar-refractivity contribution in [1.82, 2.24) is 0 Å². The molecule has 4 heteroatoms. The predicted molar refractivity (Wildman–Crippen MR) is 160 cm³/mol. The third kappa shape index (κ3) is 5.47. The summed E-state index contributed by atoms with van der Waals surface area (Å²) >= 11 is 15.5. The van der Waals surface area contributed by atoms with Crippen molar-refractivity contribution in [3.63, 3.8) is 0 Å². The molecule has 3 saturated carbocycles. The van der Waals surface area contributed by atoms with Crippen LogP contribution in [-0.4, -0.2) is 21.3 Å². The van der Waals surface area contributed by atoms with Gasteiger partial charge in [0.2, 0.25) is 0 Å². The molecule has 2 aromatic carbocycles. The van der Waals surface area contributed by atoms with Crippen LogP contribution in [0.3, 0.4) is 0 Å². The molecule has 0 amide bonds. The van der Waals surface area contributed by atoms with E-state index in [-0.39, 0.29) is 37.4 Å². The van der Waals surface area contributed by atoms with Gasteiger partial charge in [-0.2, -0.15) is 0 Å². The number of benzene rings is 2. The van der Waals surface area contributed by atoms with Crippen molar-refractivity contribution < 1.29 is 19.5 Å². The van der Waals surface area contributed by atoms with Gasteiger partial charge < -0.3 is 0 Å². The maximum atomic E-state index is 8.17. The van der Waals surface area contributed by atoms with Gasteiger partial charge in [0, 0.05) is 19.5 Å². The maximum absolute atomic E-state index is 8.17. The van der Waals surface area contributed by atoms with Crippen LogP contribution in [0.5, 0.6) is 0 Å². The quantitative estimate of drug-likeness (QED) is 0.178. The summed E-state index contributed by atoms with van der Waals surface area (Å²) in [5.41, 5.74) is 9.62. The van der Waals surface area contributed by atoms with Crippen molar-refractivity contribution in [2.75, 3.05) is 0 Å². The van der Waals surface area contributed by atoms with E-state index < -0.39 is 0 Å². The van der Waals surface area contributed by atoms with Crippen LogP contribution in [0, 0.1) is 0 Å². The van der Waals surface area contributed by atoms with E-state index in [1.165, 1.54) is 97.6 Å². The number of hydrogen-bond donors (Lipinski definition) is 0. The molecule has 0 heterocycles. The molecule has 3 fully saturated rings. The molecule has 198 valence electrons. The number of hydrogen-bond acceptors (Lipinski definition) is 0. The number of halogens is 2. The fourth-order valence-electron chi connectivity index (χ4n) is 7.61. The van der Waals surface area contributed by atoms with Gasteiger partial charge in [-0.05, 0) is 95.7 Å². The van der Waals surface area contributed by atoms with Crippen LogP contribution >= 0.6 is 31.1 Å². The molecule has 0 bridgehead atoms. The zero-order chi connectivity index (χ0) is 24.5. The van der Waals surface area contributed by atoms with Crippen LogP contribution in [0.25, 0.3) is 11.1 Å². The first-order chi connectivity index (χ1) is 17.7. The molecule has 6 rings (SSSR count). The van der Waals surface area contributed by atoms with Gasteiger partial charge in [0.15, 0.2) is 0 Å². The zero-order valence-electron chi connectivity index (χ0n) is 21.8. The van der Waals surface area contributed by atoms with Crippen molar-refractivity contribution in [2.45, 2.75) is 105 Å². The van der Waals surface area contributed by atoms with E-state index >= 15 is 0 Å². The standard InChI is InChI=1S/C33H39Cl2P.Ru/c34-31-21-12-22-33(35,36(25-15-6-2-7-16-25)26-17-8-3-9-18-26)32(31)30-23-29(24-13-4-1-5-14-24)27-19-10-11-20-28(27)30;/h1,4-5,10-11,13-14,19-20,23,25-26,31H,2-3,6-9,12,15-18,21-22H2;. The second kappa shape index (κ2) is 12.4. The third-order valence-electron chi connectivity index (χ3n) is 9.21. The van der Waals surface area contributed by atoms with E-state index in [1.54, 1.807) is 0 Å². The van der Waals surface area contributed by atoms with E-state index in [9.17, 15) is 0 Å². The van der Waals surface area contributed by atoms with Crippen molar-refractivity contribution in [3.05, 3.63) is 82.9 Å². The van der Waals surface area contributed by atoms with E-state index in [0.29, 0.717) is 0 Å². The van der Waals surface area contributed by atoms with E-state index in [1.807, 2.05) is 0 Å². The summed E-state index contributed by atoms with van der Waals surface area (Å²) in [5, 5.41) is 0.0304. The minimum absolute atomic E-state index is 0. The number of alkyl halides is 2. The molecule has 4 aliphatic rings. The zero-order valence-corrected chi connectivity index (χ0v) is 25.9. The third-order valence-corrected chi connectivity index (χ3v) is 14.5. The summed E-state index contributed by atoms with van der Waals surface area (Å²) < 4.78 is -0.269. The first-order valence-electron chi connectivity index (χ1n) is 14.4. The predicted octanol–water partition coefficient (Wildman–Crippen LogP) is 10.8. The Morgan fingerprint density at radius 1 is 0.676 bits per heavy atom. The van der Waals surface area contributed by atoms with E-state index in [0.717, 1.165) is 30.6 Å². The second-order valence-electron chi connectivity index (χ2n) is 11.4. The van der Waals surface area contributed by atoms with Crippen molar-refractivity contribution >= 4 is 42.3 Å². The van der Waals surface area contributed by atoms with Gasteiger partial charge in [-0.15, -0.1) is 23.2 Å². The summed E-state index contributed by atoms with van der Waals surface area (Å²) in [6, 6.07) is 19.8. The molecule has 0 aromatic heterocycles. The summed E-state index contributed by atoms with van der Waals surface area (Å²) in [6.07, 6.45) is 19.7. The average molecular weight is 639 g/mol. The van der Waals surface area contributed by atoms with Crippen LogP contribution < -0.4 is 0 Å². The molecular formula is C33H39Cl2PRu. The summed E-state index contributed by atoms with van der Waals surface area (Å²) in [6.45, 7) is 0. The maximum Gasteiger partial charge on any atom is 0.0875 e. The number of rotatable bonds is 4. The molecule has 37 heavy (non-hydrogen) atoms. The molecule has 2 aromatic rings. The van der Waals surface area contributed by atoms with Crippen LogP contribution in [0.2, 0.25) is 0 Å². The summed E-state index contributed by atoms with van der Waals surface area (Å²) in [4.78, 5) is 0. The van der Waals surface area contributed by atoms with Crippen molar-refractivity contribution in [1.29, 1.82) is 0 Å². The SMILES string of the molecule is ClC1CCCC(Cl)(P(C2CCCCC2)C2CCCCC2)C1=C1C=C(c2ccccc2)c2ccccc21.[Ru]. The minimum atomic E-state index is -0.343. The monoisotopic (exact) mass is 638 g/mol. The second-order valence-corrected chi connectivity index (χ2v) is 15.9. The Labute approximate surface area is 248 Å². The Morgan fingerprint density at radius 2 is 1.24 bits per heavy atom. The van der Waals surface area contributed by atoms with Gasteiger partial charge in [-0.3, -0.25) is 0 Å². The smallest absolute Gasteiger partial charge is 0.0875 e. The molecular weight excluding hydrogens is 599 g/mol. The Kier molecular flexibility index (Phi) is 9.40. The molecule has 0 N–H and O–H groups in total. The van der Waals surface area contributed by atoms with Crippen molar-refractivity contribution in [2.24, 2.45) is 0 Å². The molecule has 2 atom stereocenters. The van der Waals surface area contributed by atoms with Crippen LogP contribution in [-0.2, 0) is 19.5 Å². The average Bonchev–Trinajstić information content (AvgIpc) is 3.30. The fourth-order valence-corrected chi connectivity index (χ4v) is 14.0. The largest absolute Gasteiger partial charge is 0.118 e. The molecule has 0 saturated heterocycles. The van der Waals surface area contributed by atoms with Gasteiger partial charge in [0.05, 0.1) is 9.99 Å². The molecule has 2 unspecified atom stereocenters. The summed E-state index contributed by atoms with van der Waals surface area (Å²) in [5.74, 6) is 0. The molecule has 0 radical (unpaired) electrons. The topological polar surface area (TPSA) is 0 Å². The fraction of sp³-hybridized carbons (Fsp3) is 0.515. The van der Waals surface area contributed by atoms with Crippen LogP contribution in [0.1, 0.15) is 100 Å². The minimum Gasteiger partial charge on any atom is -0.118 e. The first kappa shape index (κ1) is 28.1. The normalized spacial score (nSPS) is 29.1. The Balaban J connectivity index is 0.00000280. The van der Waals surface area contributed by atoms with Crippen LogP contribution in [0.4, 0.5) is 0 Å². The van der Waals surface area contributed by atoms with E-state index in [4.69, 9.17) is 23.2 Å². The number of fused-ring (bicyclic) bond motifs is 1. The summed E-state index contributed by atoms with van der Waals surface area (Å²) in [7, 11) is -0.343. The molecule has 0 aliphatic heterocycles. The van der Waals surface area contributed by atoms with Gasteiger partial charge >= 0.3 is 0 Å². The van der Waals surface area contributed by atoms with Crippen molar-refractivity contribution in [3.8, 4) is 0 Å². The molecule has 0 spiro atoms. The first-order valence-corrected chi connectivity index (χ1v) is 16.7. The Hall–Kier alpha value is -0.447. The molecule has 4 aliphatic carbocycles. The van der Waals surface area contributed by atoms with E-state index in [2.05, 4.69) is 60.7 Å². The van der Waals surface area contributed by atoms with Gasteiger partial charge in [-0.1, -0.05) is 101 Å². The van der Waals surface area contributed by atoms with Crippen LogP contribution in [0.15, 0.2) is 66.2 Å². The number of allylic oxidation sites excluding steroid dienone is 3. The van der Waals surface area contributed by atoms with Gasteiger partial charge in [0.25, 0.3) is 0 Å². The van der Waals surface area contributed by atoms with Gasteiger partial charge in [-0.25, -0.2) is 0 Å². The van der Waals surface area contributed by atoms with Gasteiger partial charge in [0.1, 0.15) is 0 Å². The Morgan fingerprint density at radius 3 is 1.86 bits per heavy atom. The Bertz CT molecular complexity index is 1110.